The zero-order chi connectivity index (χ0) is 23.6. The number of hydrazone groups is 1. The average Bonchev–Trinajstić information content (AvgIpc) is 2.89. The van der Waals surface area contributed by atoms with Gasteiger partial charge in [-0.1, -0.05) is 72.8 Å². The van der Waals surface area contributed by atoms with Crippen LogP contribution < -0.4 is 20.1 Å². The highest BCUT2D eigenvalue weighted by atomic mass is 16.5. The Morgan fingerprint density at radius 1 is 0.735 bits per heavy atom. The molecule has 4 aromatic carbocycles. The van der Waals surface area contributed by atoms with Crippen LogP contribution in [0.15, 0.2) is 108 Å². The number of hydrogen-bond donors (Lipinski definition) is 1. The van der Waals surface area contributed by atoms with Gasteiger partial charge in [-0.05, 0) is 35.4 Å². The van der Waals surface area contributed by atoms with Crippen molar-refractivity contribution in [2.75, 3.05) is 0 Å². The molecule has 0 heterocycles. The van der Waals surface area contributed by atoms with Crippen molar-refractivity contribution in [1.82, 2.24) is 0 Å². The standard InChI is InChI=1S/C28H24N2O4/c29-30-18-23-13-7-8-14-27(23)34-28(31)24-15-25(32-19-21-9-3-1-4-10-21)17-26(16-24)33-20-22-11-5-2-6-12-22/h1-18H,19-20,29H2. The van der Waals surface area contributed by atoms with Crippen LogP contribution in [0.1, 0.15) is 27.0 Å². The van der Waals surface area contributed by atoms with Gasteiger partial charge in [-0.25, -0.2) is 4.79 Å². The van der Waals surface area contributed by atoms with Crippen LogP contribution in [0.4, 0.5) is 0 Å². The number of nitrogens with two attached hydrogens (primary N) is 1. The average molecular weight is 453 g/mol. The summed E-state index contributed by atoms with van der Waals surface area (Å²) >= 11 is 0. The Labute approximate surface area is 198 Å². The number of hydrogen-bond acceptors (Lipinski definition) is 6. The second-order valence-corrected chi connectivity index (χ2v) is 7.45. The topological polar surface area (TPSA) is 83.1 Å². The van der Waals surface area contributed by atoms with Gasteiger partial charge in [0.25, 0.3) is 0 Å². The fraction of sp³-hybridized carbons (Fsp3) is 0.0714. The van der Waals surface area contributed by atoms with Gasteiger partial charge in [0.05, 0.1) is 11.8 Å². The summed E-state index contributed by atoms with van der Waals surface area (Å²) in [5.74, 6) is 6.07. The van der Waals surface area contributed by atoms with E-state index in [2.05, 4.69) is 5.10 Å². The van der Waals surface area contributed by atoms with Crippen molar-refractivity contribution >= 4 is 12.2 Å². The van der Waals surface area contributed by atoms with Crippen molar-refractivity contribution in [3.8, 4) is 17.2 Å². The lowest BCUT2D eigenvalue weighted by Gasteiger charge is -2.13. The Bertz CT molecular complexity index is 1200. The zero-order valence-electron chi connectivity index (χ0n) is 18.5. The Kier molecular flexibility index (Phi) is 7.54. The maximum absolute atomic E-state index is 13.0. The number of carbonyl (C=O) groups is 1. The predicted octanol–water partition coefficient (Wildman–Crippen LogP) is 5.36. The van der Waals surface area contributed by atoms with E-state index >= 15 is 0 Å². The van der Waals surface area contributed by atoms with E-state index in [0.717, 1.165) is 11.1 Å². The molecule has 0 saturated heterocycles. The molecule has 0 aromatic heterocycles. The summed E-state index contributed by atoms with van der Waals surface area (Å²) in [5, 5.41) is 3.52. The minimum absolute atomic E-state index is 0.299. The van der Waals surface area contributed by atoms with E-state index in [1.54, 1.807) is 36.4 Å². The lowest BCUT2D eigenvalue weighted by Crippen LogP contribution is -2.11. The number of para-hydroxylation sites is 1. The van der Waals surface area contributed by atoms with Gasteiger partial charge >= 0.3 is 5.97 Å². The van der Waals surface area contributed by atoms with Gasteiger partial charge in [-0.15, -0.1) is 0 Å². The molecule has 0 atom stereocenters. The van der Waals surface area contributed by atoms with Crippen LogP contribution in [0.25, 0.3) is 0 Å². The van der Waals surface area contributed by atoms with E-state index in [4.69, 9.17) is 20.1 Å². The number of benzene rings is 4. The molecule has 0 saturated carbocycles. The smallest absolute Gasteiger partial charge is 0.343 e. The predicted molar refractivity (Wildman–Crippen MR) is 131 cm³/mol. The molecular weight excluding hydrogens is 428 g/mol. The van der Waals surface area contributed by atoms with Crippen molar-refractivity contribution in [3.63, 3.8) is 0 Å². The lowest BCUT2D eigenvalue weighted by atomic mass is 10.2. The third kappa shape index (κ3) is 6.23. The quantitative estimate of drug-likeness (QED) is 0.122. The fourth-order valence-electron chi connectivity index (χ4n) is 3.26. The second-order valence-electron chi connectivity index (χ2n) is 7.45. The van der Waals surface area contributed by atoms with Gasteiger partial charge in [0.15, 0.2) is 0 Å². The normalized spacial score (nSPS) is 10.7. The monoisotopic (exact) mass is 452 g/mol. The van der Waals surface area contributed by atoms with Crippen LogP contribution in [0.3, 0.4) is 0 Å². The summed E-state index contributed by atoms with van der Waals surface area (Å²) in [6, 6.07) is 31.6. The first kappa shape index (κ1) is 22.6. The van der Waals surface area contributed by atoms with Crippen molar-refractivity contribution < 1.29 is 19.0 Å². The Hall–Kier alpha value is -4.58. The van der Waals surface area contributed by atoms with E-state index < -0.39 is 5.97 Å². The van der Waals surface area contributed by atoms with Crippen LogP contribution in [-0.4, -0.2) is 12.2 Å². The van der Waals surface area contributed by atoms with E-state index in [1.165, 1.54) is 6.21 Å². The van der Waals surface area contributed by atoms with Crippen molar-refractivity contribution in [2.45, 2.75) is 13.2 Å². The molecule has 4 rings (SSSR count). The number of esters is 1. The lowest BCUT2D eigenvalue weighted by molar-refractivity contribution is 0.0733. The molecule has 0 aliphatic carbocycles. The van der Waals surface area contributed by atoms with Gasteiger partial charge in [0.1, 0.15) is 30.5 Å². The SMILES string of the molecule is NN=Cc1ccccc1OC(=O)c1cc(OCc2ccccc2)cc(OCc2ccccc2)c1. The van der Waals surface area contributed by atoms with Gasteiger partial charge in [0, 0.05) is 11.6 Å². The first-order valence-corrected chi connectivity index (χ1v) is 10.7. The Balaban J connectivity index is 1.57. The van der Waals surface area contributed by atoms with Crippen LogP contribution >= 0.6 is 0 Å². The maximum Gasteiger partial charge on any atom is 0.343 e. The third-order valence-corrected chi connectivity index (χ3v) is 4.95. The maximum atomic E-state index is 13.0. The van der Waals surface area contributed by atoms with E-state index in [0.29, 0.717) is 41.6 Å². The zero-order valence-corrected chi connectivity index (χ0v) is 18.5. The fourth-order valence-corrected chi connectivity index (χ4v) is 3.26. The summed E-state index contributed by atoms with van der Waals surface area (Å²) < 4.78 is 17.5. The molecule has 6 heteroatoms. The molecule has 0 amide bonds. The molecular formula is C28H24N2O4. The Morgan fingerprint density at radius 2 is 1.26 bits per heavy atom. The first-order valence-electron chi connectivity index (χ1n) is 10.7. The number of rotatable bonds is 9. The summed E-state index contributed by atoms with van der Waals surface area (Å²) in [6.07, 6.45) is 1.43. The molecule has 0 fully saturated rings. The molecule has 6 nitrogen and oxygen atoms in total. The first-order chi connectivity index (χ1) is 16.7. The van der Waals surface area contributed by atoms with Crippen LogP contribution in [0.5, 0.6) is 17.2 Å². The van der Waals surface area contributed by atoms with E-state index in [1.807, 2.05) is 66.7 Å². The second kappa shape index (κ2) is 11.3. The van der Waals surface area contributed by atoms with Gasteiger partial charge in [-0.3, -0.25) is 0 Å². The van der Waals surface area contributed by atoms with Crippen LogP contribution in [0, 0.1) is 0 Å². The van der Waals surface area contributed by atoms with Gasteiger partial charge in [-0.2, -0.15) is 5.10 Å². The molecule has 0 unspecified atom stereocenters. The third-order valence-electron chi connectivity index (χ3n) is 4.95. The molecule has 0 bridgehead atoms. The Morgan fingerprint density at radius 3 is 1.82 bits per heavy atom. The van der Waals surface area contributed by atoms with Gasteiger partial charge in [0.2, 0.25) is 0 Å². The van der Waals surface area contributed by atoms with Crippen molar-refractivity contribution in [1.29, 1.82) is 0 Å². The molecule has 0 spiro atoms. The summed E-state index contributed by atoms with van der Waals surface area (Å²) in [4.78, 5) is 13.0. The van der Waals surface area contributed by atoms with Crippen molar-refractivity contribution in [2.24, 2.45) is 10.9 Å². The minimum Gasteiger partial charge on any atom is -0.489 e. The van der Waals surface area contributed by atoms with E-state index in [9.17, 15) is 4.79 Å². The molecule has 4 aromatic rings. The molecule has 0 aliphatic heterocycles. The van der Waals surface area contributed by atoms with Crippen LogP contribution in [-0.2, 0) is 13.2 Å². The van der Waals surface area contributed by atoms with E-state index in [-0.39, 0.29) is 0 Å². The number of carbonyl (C=O) groups excluding carboxylic acids is 1. The molecule has 2 N–H and O–H groups in total. The molecule has 0 radical (unpaired) electrons. The highest BCUT2D eigenvalue weighted by molar-refractivity contribution is 5.94. The van der Waals surface area contributed by atoms with Gasteiger partial charge < -0.3 is 20.1 Å². The summed E-state index contributed by atoms with van der Waals surface area (Å²) in [6.45, 7) is 0.709. The summed E-state index contributed by atoms with van der Waals surface area (Å²) in [7, 11) is 0. The van der Waals surface area contributed by atoms with Crippen molar-refractivity contribution in [3.05, 3.63) is 125 Å². The summed E-state index contributed by atoms with van der Waals surface area (Å²) in [5.41, 5.74) is 2.91. The highest BCUT2D eigenvalue weighted by Crippen LogP contribution is 2.26. The van der Waals surface area contributed by atoms with Crippen LogP contribution in [0.2, 0.25) is 0 Å². The minimum atomic E-state index is -0.549. The largest absolute Gasteiger partial charge is 0.489 e. The molecule has 0 aliphatic rings. The number of nitrogens with zero attached hydrogens (tertiary/aromatic N) is 1. The molecule has 34 heavy (non-hydrogen) atoms. The highest BCUT2D eigenvalue weighted by Gasteiger charge is 2.15. The molecule has 170 valence electrons. The number of ether oxygens (including phenoxy) is 3.